The number of aliphatic hydroxyl groups excluding tert-OH is 1. The predicted molar refractivity (Wildman–Crippen MR) is 102 cm³/mol. The van der Waals surface area contributed by atoms with Gasteiger partial charge < -0.3 is 15.3 Å². The molecule has 0 saturated carbocycles. The molecular weight excluding hydrogens is 366 g/mol. The number of halogens is 2. The molecule has 0 aliphatic carbocycles. The zero-order valence-corrected chi connectivity index (χ0v) is 16.6. The number of nitrogens with zero attached hydrogens (tertiary/aromatic N) is 3. The normalized spacial score (nSPS) is 16.0. The van der Waals surface area contributed by atoms with Gasteiger partial charge in [0.2, 0.25) is 0 Å². The third-order valence-electron chi connectivity index (χ3n) is 5.15. The highest BCUT2D eigenvalue weighted by Crippen LogP contribution is 2.32. The molecule has 1 aromatic carbocycles. The number of carbonyl (C=O) groups is 1. The summed E-state index contributed by atoms with van der Waals surface area (Å²) in [5.74, 6) is -1.16. The molecule has 1 amide bonds. The quantitative estimate of drug-likeness (QED) is 0.843. The van der Waals surface area contributed by atoms with Gasteiger partial charge in [0.05, 0.1) is 18.3 Å². The molecule has 1 atom stereocenters. The van der Waals surface area contributed by atoms with Gasteiger partial charge in [-0.15, -0.1) is 0 Å². The maximum Gasteiger partial charge on any atom is 0.342 e. The maximum absolute atomic E-state index is 14.4. The summed E-state index contributed by atoms with van der Waals surface area (Å²) in [5.41, 5.74) is 1.34. The summed E-state index contributed by atoms with van der Waals surface area (Å²) in [6.07, 6.45) is 0.558. The first-order valence-electron chi connectivity index (χ1n) is 9.28. The Kier molecular flexibility index (Phi) is 5.54. The number of carbonyl (C=O) groups excluding carboxylic acids is 1. The summed E-state index contributed by atoms with van der Waals surface area (Å²) in [7, 11) is 1.92. The van der Waals surface area contributed by atoms with E-state index in [0.717, 1.165) is 24.7 Å². The number of fused-ring (bicyclic) bond motifs is 1. The van der Waals surface area contributed by atoms with E-state index in [4.69, 9.17) is 0 Å². The van der Waals surface area contributed by atoms with Gasteiger partial charge in [-0.3, -0.25) is 0 Å². The fourth-order valence-electron chi connectivity index (χ4n) is 3.36. The van der Waals surface area contributed by atoms with Crippen LogP contribution < -0.4 is 5.32 Å². The van der Waals surface area contributed by atoms with Crippen LogP contribution in [0.1, 0.15) is 32.0 Å². The minimum absolute atomic E-state index is 0.0348. The lowest BCUT2D eigenvalue weighted by molar-refractivity contribution is 0.157. The van der Waals surface area contributed by atoms with Crippen LogP contribution in [0.3, 0.4) is 0 Å². The second kappa shape index (κ2) is 7.60. The van der Waals surface area contributed by atoms with Crippen LogP contribution >= 0.6 is 0 Å². The van der Waals surface area contributed by atoms with Gasteiger partial charge in [0.25, 0.3) is 0 Å². The van der Waals surface area contributed by atoms with Crippen molar-refractivity contribution in [2.45, 2.75) is 39.8 Å². The number of hydrogen-bond donors (Lipinski definition) is 2. The van der Waals surface area contributed by atoms with Crippen LogP contribution in [0.2, 0.25) is 0 Å². The average molecular weight is 392 g/mol. The highest BCUT2D eigenvalue weighted by molar-refractivity contribution is 5.79. The molecule has 8 heteroatoms. The first-order valence-corrected chi connectivity index (χ1v) is 9.28. The lowest BCUT2D eigenvalue weighted by atomic mass is 9.87. The van der Waals surface area contributed by atoms with Crippen LogP contribution in [0.15, 0.2) is 18.2 Å². The molecule has 0 fully saturated rings. The van der Waals surface area contributed by atoms with E-state index in [1.165, 1.54) is 4.68 Å². The number of amides is 1. The van der Waals surface area contributed by atoms with Crippen molar-refractivity contribution in [3.63, 3.8) is 0 Å². The van der Waals surface area contributed by atoms with E-state index in [9.17, 15) is 18.7 Å². The van der Waals surface area contributed by atoms with E-state index in [1.54, 1.807) is 0 Å². The fraction of sp³-hybridized carbons (Fsp3) is 0.500. The van der Waals surface area contributed by atoms with Gasteiger partial charge in [-0.25, -0.2) is 13.6 Å². The molecular formula is C20H26F2N4O2. The van der Waals surface area contributed by atoms with E-state index in [1.807, 2.05) is 32.7 Å². The Balaban J connectivity index is 2.06. The number of hydrogen-bond acceptors (Lipinski definition) is 4. The molecule has 1 aliphatic heterocycles. The van der Waals surface area contributed by atoms with Gasteiger partial charge in [0.15, 0.2) is 0 Å². The number of likely N-dealkylation sites (N-methyl/N-ethyl adjacent to an activating group) is 1. The molecule has 2 heterocycles. The van der Waals surface area contributed by atoms with Crippen molar-refractivity contribution in [1.29, 1.82) is 0 Å². The standard InChI is InChI=1S/C20H26F2N4O2/c1-20(2,3)17(11-27)23-19(28)26-16-7-8-25(4)10-14(16)18(24-26)13-9-12(21)5-6-15(13)22/h5-6,9,17,27H,7-8,10-11H2,1-4H3,(H,23,28)/t17-/m1/s1. The highest BCUT2D eigenvalue weighted by atomic mass is 19.1. The van der Waals surface area contributed by atoms with Gasteiger partial charge in [0.1, 0.15) is 17.3 Å². The molecule has 3 rings (SSSR count). The minimum atomic E-state index is -0.592. The van der Waals surface area contributed by atoms with Crippen LogP contribution in [-0.4, -0.2) is 52.1 Å². The molecule has 1 aliphatic rings. The third-order valence-corrected chi connectivity index (χ3v) is 5.15. The number of aliphatic hydroxyl groups is 1. The van der Waals surface area contributed by atoms with Crippen molar-refractivity contribution in [3.05, 3.63) is 41.1 Å². The van der Waals surface area contributed by atoms with Crippen molar-refractivity contribution >= 4 is 6.03 Å². The molecule has 1 aromatic heterocycles. The largest absolute Gasteiger partial charge is 0.394 e. The van der Waals surface area contributed by atoms with Crippen LogP contribution in [0.25, 0.3) is 11.3 Å². The number of nitrogens with one attached hydrogen (secondary N) is 1. The highest BCUT2D eigenvalue weighted by Gasteiger charge is 2.31. The Hall–Kier alpha value is -2.32. The number of benzene rings is 1. The Morgan fingerprint density at radius 3 is 2.71 bits per heavy atom. The average Bonchev–Trinajstić information content (AvgIpc) is 2.99. The van der Waals surface area contributed by atoms with E-state index < -0.39 is 23.7 Å². The molecule has 0 radical (unpaired) electrons. The SMILES string of the molecule is CN1CCc2c(c(-c3cc(F)ccc3F)nn2C(=O)N[C@H](CO)C(C)(C)C)C1. The van der Waals surface area contributed by atoms with Crippen molar-refractivity contribution in [3.8, 4) is 11.3 Å². The lowest BCUT2D eigenvalue weighted by Crippen LogP contribution is -2.48. The summed E-state index contributed by atoms with van der Waals surface area (Å²) >= 11 is 0. The summed E-state index contributed by atoms with van der Waals surface area (Å²) in [5, 5.41) is 16.8. The zero-order chi connectivity index (χ0) is 20.6. The molecule has 0 saturated heterocycles. The van der Waals surface area contributed by atoms with E-state index in [2.05, 4.69) is 10.4 Å². The lowest BCUT2D eigenvalue weighted by Gasteiger charge is -2.30. The second-order valence-corrected chi connectivity index (χ2v) is 8.35. The minimum Gasteiger partial charge on any atom is -0.394 e. The van der Waals surface area contributed by atoms with Crippen molar-refractivity contribution in [2.24, 2.45) is 5.41 Å². The van der Waals surface area contributed by atoms with Crippen LogP contribution in [0, 0.1) is 17.0 Å². The first-order chi connectivity index (χ1) is 13.1. The Labute approximate surface area is 163 Å². The number of aromatic nitrogens is 2. The Morgan fingerprint density at radius 2 is 2.07 bits per heavy atom. The molecule has 28 heavy (non-hydrogen) atoms. The Morgan fingerprint density at radius 1 is 1.36 bits per heavy atom. The predicted octanol–water partition coefficient (Wildman–Crippen LogP) is 2.78. The second-order valence-electron chi connectivity index (χ2n) is 8.35. The van der Waals surface area contributed by atoms with Gasteiger partial charge in [-0.2, -0.15) is 9.78 Å². The molecule has 2 N–H and O–H groups in total. The molecule has 2 aromatic rings. The van der Waals surface area contributed by atoms with Crippen molar-refractivity contribution < 1.29 is 18.7 Å². The van der Waals surface area contributed by atoms with Crippen LogP contribution in [0.5, 0.6) is 0 Å². The molecule has 152 valence electrons. The number of rotatable bonds is 3. The van der Waals surface area contributed by atoms with Gasteiger partial charge in [-0.05, 0) is 30.7 Å². The summed E-state index contributed by atoms with van der Waals surface area (Å²) in [6.45, 7) is 6.73. The van der Waals surface area contributed by atoms with E-state index in [-0.39, 0.29) is 23.3 Å². The van der Waals surface area contributed by atoms with E-state index >= 15 is 0 Å². The first kappa shape index (κ1) is 20.4. The molecule has 6 nitrogen and oxygen atoms in total. The smallest absolute Gasteiger partial charge is 0.342 e. The molecule has 0 unspecified atom stereocenters. The fourth-order valence-corrected chi connectivity index (χ4v) is 3.36. The zero-order valence-electron chi connectivity index (χ0n) is 16.6. The molecule has 0 bridgehead atoms. The maximum atomic E-state index is 14.4. The monoisotopic (exact) mass is 392 g/mol. The van der Waals surface area contributed by atoms with Gasteiger partial charge in [0, 0.05) is 30.6 Å². The molecule has 0 spiro atoms. The van der Waals surface area contributed by atoms with Crippen LogP contribution in [-0.2, 0) is 13.0 Å². The summed E-state index contributed by atoms with van der Waals surface area (Å²) in [4.78, 5) is 14.9. The van der Waals surface area contributed by atoms with Gasteiger partial charge in [-0.1, -0.05) is 20.8 Å². The van der Waals surface area contributed by atoms with Crippen LogP contribution in [0.4, 0.5) is 13.6 Å². The van der Waals surface area contributed by atoms with Gasteiger partial charge >= 0.3 is 6.03 Å². The Bertz CT molecular complexity index is 889. The van der Waals surface area contributed by atoms with Crippen molar-refractivity contribution in [1.82, 2.24) is 20.0 Å². The third kappa shape index (κ3) is 3.93. The van der Waals surface area contributed by atoms with Crippen molar-refractivity contribution in [2.75, 3.05) is 20.2 Å². The summed E-state index contributed by atoms with van der Waals surface area (Å²) in [6, 6.07) is 2.25. The summed E-state index contributed by atoms with van der Waals surface area (Å²) < 4.78 is 29.4. The van der Waals surface area contributed by atoms with E-state index in [0.29, 0.717) is 24.2 Å². The topological polar surface area (TPSA) is 70.4 Å².